The number of benzene rings is 1. The van der Waals surface area contributed by atoms with E-state index in [2.05, 4.69) is 24.2 Å². The van der Waals surface area contributed by atoms with Gasteiger partial charge in [0, 0.05) is 11.6 Å². The number of nitrogens with one attached hydrogen (secondary N) is 1. The molecule has 0 aliphatic heterocycles. The molecule has 1 rings (SSSR count). The van der Waals surface area contributed by atoms with Crippen molar-refractivity contribution in [3.8, 4) is 18.1 Å². The average Bonchev–Trinajstić information content (AvgIpc) is 2.26. The van der Waals surface area contributed by atoms with Gasteiger partial charge >= 0.3 is 0 Å². The molecule has 0 aliphatic rings. The molecule has 0 saturated heterocycles. The van der Waals surface area contributed by atoms with Crippen molar-refractivity contribution in [1.29, 1.82) is 0 Å². The second kappa shape index (κ2) is 6.19. The Bertz CT molecular complexity index is 365. The lowest BCUT2D eigenvalue weighted by Gasteiger charge is -2.18. The molecule has 0 bridgehead atoms. The summed E-state index contributed by atoms with van der Waals surface area (Å²) in [7, 11) is 0. The highest BCUT2D eigenvalue weighted by Crippen LogP contribution is 2.25. The van der Waals surface area contributed by atoms with Gasteiger partial charge in [-0.3, -0.25) is 5.32 Å². The Morgan fingerprint density at radius 3 is 2.62 bits per heavy atom. The number of rotatable bonds is 5. The van der Waals surface area contributed by atoms with Crippen molar-refractivity contribution in [2.75, 3.05) is 6.54 Å². The van der Waals surface area contributed by atoms with Gasteiger partial charge in [-0.25, -0.2) is 0 Å². The normalized spacial score (nSPS) is 12.2. The summed E-state index contributed by atoms with van der Waals surface area (Å²) < 4.78 is 5.75. The van der Waals surface area contributed by atoms with Gasteiger partial charge in [0.05, 0.1) is 12.6 Å². The topological polar surface area (TPSA) is 21.3 Å². The minimum Gasteiger partial charge on any atom is -0.491 e. The molecule has 2 heteroatoms. The predicted molar refractivity (Wildman–Crippen MR) is 67.5 cm³/mol. The highest BCUT2D eigenvalue weighted by Gasteiger charge is 2.10. The van der Waals surface area contributed by atoms with Gasteiger partial charge < -0.3 is 4.74 Å². The average molecular weight is 217 g/mol. The van der Waals surface area contributed by atoms with Crippen LogP contribution in [0.4, 0.5) is 0 Å². The lowest BCUT2D eigenvalue weighted by Crippen LogP contribution is -2.20. The van der Waals surface area contributed by atoms with E-state index in [0.717, 1.165) is 11.3 Å². The van der Waals surface area contributed by atoms with Crippen LogP contribution in [-0.4, -0.2) is 12.6 Å². The SMILES string of the molecule is C#CCNC(C)c1ccccc1OC(C)C. The first kappa shape index (κ1) is 12.6. The molecule has 0 saturated carbocycles. The zero-order valence-electron chi connectivity index (χ0n) is 10.2. The minimum atomic E-state index is 0.181. The standard InChI is InChI=1S/C14H19NO/c1-5-10-15-12(4)13-8-6-7-9-14(13)16-11(2)3/h1,6-9,11-12,15H,10H2,2-4H3. The molecule has 1 aromatic rings. The van der Waals surface area contributed by atoms with Crippen molar-refractivity contribution in [2.45, 2.75) is 32.9 Å². The van der Waals surface area contributed by atoms with Crippen LogP contribution in [0.2, 0.25) is 0 Å². The predicted octanol–water partition coefficient (Wildman–Crippen LogP) is 2.76. The summed E-state index contributed by atoms with van der Waals surface area (Å²) >= 11 is 0. The minimum absolute atomic E-state index is 0.181. The first-order chi connectivity index (χ1) is 7.65. The van der Waals surface area contributed by atoms with Gasteiger partial charge in [-0.1, -0.05) is 24.1 Å². The fourth-order valence-corrected chi connectivity index (χ4v) is 1.52. The number of terminal acetylenes is 1. The third kappa shape index (κ3) is 3.60. The molecule has 0 aromatic heterocycles. The number of hydrogen-bond donors (Lipinski definition) is 1. The van der Waals surface area contributed by atoms with Crippen LogP contribution in [0.25, 0.3) is 0 Å². The van der Waals surface area contributed by atoms with Crippen LogP contribution >= 0.6 is 0 Å². The van der Waals surface area contributed by atoms with E-state index in [1.54, 1.807) is 0 Å². The van der Waals surface area contributed by atoms with E-state index in [1.165, 1.54) is 0 Å². The molecular weight excluding hydrogens is 198 g/mol. The quantitative estimate of drug-likeness (QED) is 0.766. The zero-order chi connectivity index (χ0) is 12.0. The second-order valence-electron chi connectivity index (χ2n) is 4.01. The molecule has 1 aromatic carbocycles. The van der Waals surface area contributed by atoms with Gasteiger partial charge in [0.1, 0.15) is 5.75 Å². The smallest absolute Gasteiger partial charge is 0.124 e. The van der Waals surface area contributed by atoms with Gasteiger partial charge in [-0.05, 0) is 26.8 Å². The molecule has 1 unspecified atom stereocenters. The van der Waals surface area contributed by atoms with E-state index in [9.17, 15) is 0 Å². The molecule has 0 fully saturated rings. The van der Waals surface area contributed by atoms with E-state index in [-0.39, 0.29) is 12.1 Å². The third-order valence-corrected chi connectivity index (χ3v) is 2.26. The van der Waals surface area contributed by atoms with Gasteiger partial charge in [0.15, 0.2) is 0 Å². The van der Waals surface area contributed by atoms with Crippen LogP contribution in [0.15, 0.2) is 24.3 Å². The van der Waals surface area contributed by atoms with Crippen LogP contribution < -0.4 is 10.1 Å². The lowest BCUT2D eigenvalue weighted by molar-refractivity contribution is 0.238. The first-order valence-electron chi connectivity index (χ1n) is 5.57. The van der Waals surface area contributed by atoms with Crippen molar-refractivity contribution < 1.29 is 4.74 Å². The Balaban J connectivity index is 2.81. The van der Waals surface area contributed by atoms with Crippen LogP contribution in [0.5, 0.6) is 5.75 Å². The molecule has 0 amide bonds. The highest BCUT2D eigenvalue weighted by molar-refractivity contribution is 5.35. The Kier molecular flexibility index (Phi) is 4.88. The number of para-hydroxylation sites is 1. The van der Waals surface area contributed by atoms with Crippen LogP contribution in [0.1, 0.15) is 32.4 Å². The fourth-order valence-electron chi connectivity index (χ4n) is 1.52. The van der Waals surface area contributed by atoms with E-state index in [1.807, 2.05) is 32.0 Å². The van der Waals surface area contributed by atoms with Crippen molar-refractivity contribution in [2.24, 2.45) is 0 Å². The van der Waals surface area contributed by atoms with Crippen LogP contribution in [0.3, 0.4) is 0 Å². The summed E-state index contributed by atoms with van der Waals surface area (Å²) in [5.41, 5.74) is 1.14. The lowest BCUT2D eigenvalue weighted by atomic mass is 10.1. The van der Waals surface area contributed by atoms with Crippen molar-refractivity contribution >= 4 is 0 Å². The maximum atomic E-state index is 5.75. The summed E-state index contributed by atoms with van der Waals surface area (Å²) in [6.45, 7) is 6.70. The van der Waals surface area contributed by atoms with Crippen molar-refractivity contribution in [3.05, 3.63) is 29.8 Å². The van der Waals surface area contributed by atoms with Gasteiger partial charge in [-0.2, -0.15) is 0 Å². The first-order valence-corrected chi connectivity index (χ1v) is 5.57. The summed E-state index contributed by atoms with van der Waals surface area (Å²) in [6.07, 6.45) is 5.41. The van der Waals surface area contributed by atoms with E-state index in [0.29, 0.717) is 6.54 Å². The second-order valence-corrected chi connectivity index (χ2v) is 4.01. The molecule has 0 heterocycles. The summed E-state index contributed by atoms with van der Waals surface area (Å²) in [6, 6.07) is 8.24. The fraction of sp³-hybridized carbons (Fsp3) is 0.429. The van der Waals surface area contributed by atoms with E-state index in [4.69, 9.17) is 11.2 Å². The van der Waals surface area contributed by atoms with E-state index >= 15 is 0 Å². The highest BCUT2D eigenvalue weighted by atomic mass is 16.5. The largest absolute Gasteiger partial charge is 0.491 e. The Hall–Kier alpha value is -1.46. The van der Waals surface area contributed by atoms with Crippen LogP contribution in [-0.2, 0) is 0 Å². The Labute approximate surface area is 98.0 Å². The molecule has 16 heavy (non-hydrogen) atoms. The zero-order valence-corrected chi connectivity index (χ0v) is 10.2. The molecule has 0 spiro atoms. The molecule has 1 atom stereocenters. The number of hydrogen-bond acceptors (Lipinski definition) is 2. The molecule has 2 nitrogen and oxygen atoms in total. The van der Waals surface area contributed by atoms with Crippen molar-refractivity contribution in [1.82, 2.24) is 5.32 Å². The van der Waals surface area contributed by atoms with Crippen LogP contribution in [0, 0.1) is 12.3 Å². The monoisotopic (exact) mass is 217 g/mol. The maximum Gasteiger partial charge on any atom is 0.124 e. The summed E-state index contributed by atoms with van der Waals surface area (Å²) in [4.78, 5) is 0. The molecule has 0 aliphatic carbocycles. The Morgan fingerprint density at radius 2 is 2.00 bits per heavy atom. The van der Waals surface area contributed by atoms with E-state index < -0.39 is 0 Å². The maximum absolute atomic E-state index is 5.75. The van der Waals surface area contributed by atoms with Gasteiger partial charge in [0.25, 0.3) is 0 Å². The Morgan fingerprint density at radius 1 is 1.31 bits per heavy atom. The molecule has 86 valence electrons. The molecule has 1 N–H and O–H groups in total. The molecule has 0 radical (unpaired) electrons. The molecular formula is C14H19NO. The summed E-state index contributed by atoms with van der Waals surface area (Å²) in [5.74, 6) is 3.50. The number of ether oxygens (including phenoxy) is 1. The third-order valence-electron chi connectivity index (χ3n) is 2.26. The summed E-state index contributed by atoms with van der Waals surface area (Å²) in [5, 5.41) is 3.25. The van der Waals surface area contributed by atoms with Gasteiger partial charge in [0.2, 0.25) is 0 Å². The van der Waals surface area contributed by atoms with Gasteiger partial charge in [-0.15, -0.1) is 6.42 Å². The van der Waals surface area contributed by atoms with Crippen molar-refractivity contribution in [3.63, 3.8) is 0 Å².